The Morgan fingerprint density at radius 2 is 1.79 bits per heavy atom. The van der Waals surface area contributed by atoms with Gasteiger partial charge >= 0.3 is 5.69 Å². The van der Waals surface area contributed by atoms with Crippen LogP contribution in [0.3, 0.4) is 0 Å². The van der Waals surface area contributed by atoms with Crippen molar-refractivity contribution in [2.45, 2.75) is 19.5 Å². The van der Waals surface area contributed by atoms with Crippen LogP contribution in [0.2, 0.25) is 5.02 Å². The summed E-state index contributed by atoms with van der Waals surface area (Å²) in [5.74, 6) is 0.595. The summed E-state index contributed by atoms with van der Waals surface area (Å²) in [6.45, 7) is 2.45. The van der Waals surface area contributed by atoms with E-state index < -0.39 is 5.69 Å². The van der Waals surface area contributed by atoms with Crippen molar-refractivity contribution in [3.8, 4) is 0 Å². The maximum Gasteiger partial charge on any atom is 0.330 e. The normalized spacial score (nSPS) is 15.7. The molecule has 28 heavy (non-hydrogen) atoms. The topological polar surface area (TPSA) is 71.3 Å². The number of benzene rings is 2. The predicted molar refractivity (Wildman–Crippen MR) is 110 cm³/mol. The van der Waals surface area contributed by atoms with Crippen LogP contribution in [0, 0.1) is 0 Å². The van der Waals surface area contributed by atoms with Gasteiger partial charge in [-0.2, -0.15) is 0 Å². The zero-order valence-electron chi connectivity index (χ0n) is 15.4. The van der Waals surface area contributed by atoms with E-state index in [2.05, 4.69) is 22.4 Å². The minimum atomic E-state index is -0.427. The number of quaternary nitrogens is 1. The van der Waals surface area contributed by atoms with Crippen LogP contribution in [0.15, 0.2) is 64.2 Å². The minimum absolute atomic E-state index is 0.309. The second-order valence-electron chi connectivity index (χ2n) is 7.03. The third-order valence-corrected chi connectivity index (χ3v) is 5.49. The van der Waals surface area contributed by atoms with E-state index in [1.165, 1.54) is 10.5 Å². The van der Waals surface area contributed by atoms with Crippen LogP contribution in [-0.2, 0) is 19.5 Å². The van der Waals surface area contributed by atoms with E-state index in [-0.39, 0.29) is 5.56 Å². The molecule has 2 heterocycles. The molecule has 0 radical (unpaired) electrons. The highest BCUT2D eigenvalue weighted by atomic mass is 35.5. The number of halogens is 1. The van der Waals surface area contributed by atoms with E-state index in [0.717, 1.165) is 18.5 Å². The molecule has 7 heteroatoms. The van der Waals surface area contributed by atoms with E-state index >= 15 is 0 Å². The molecule has 1 aliphatic heterocycles. The average molecular weight is 398 g/mol. The lowest BCUT2D eigenvalue weighted by molar-refractivity contribution is -0.912. The van der Waals surface area contributed by atoms with Gasteiger partial charge in [0.05, 0.1) is 13.1 Å². The van der Waals surface area contributed by atoms with Crippen LogP contribution in [0.1, 0.15) is 16.7 Å². The Kier molecular flexibility index (Phi) is 5.32. The molecular formula is C21H22ClN4O2+. The van der Waals surface area contributed by atoms with Crippen molar-refractivity contribution in [2.24, 2.45) is 0 Å². The lowest BCUT2D eigenvalue weighted by Crippen LogP contribution is -3.13. The molecule has 0 bridgehead atoms. The van der Waals surface area contributed by atoms with E-state index in [1.54, 1.807) is 10.6 Å². The largest absolute Gasteiger partial charge is 0.330 e. The highest BCUT2D eigenvalue weighted by Crippen LogP contribution is 2.18. The van der Waals surface area contributed by atoms with Gasteiger partial charge in [0, 0.05) is 11.4 Å². The van der Waals surface area contributed by atoms with Gasteiger partial charge in [0.15, 0.2) is 6.67 Å². The van der Waals surface area contributed by atoms with Gasteiger partial charge in [-0.3, -0.25) is 14.3 Å². The fourth-order valence-corrected chi connectivity index (χ4v) is 3.79. The lowest BCUT2D eigenvalue weighted by atomic mass is 10.1. The number of hydrogen-bond donors (Lipinski definition) is 3. The standard InChI is InChI=1S/C21H21ClN4O2/c22-18-9-5-4-8-16(18)12-26-19-17(20(27)24-21(26)28)13-25(14-23-19)11-10-15-6-2-1-3-7-15/h1-9,23H,10-14H2,(H,24,27,28)/p+1. The molecule has 3 N–H and O–H groups in total. The number of hydrogen-bond acceptors (Lipinski definition) is 3. The van der Waals surface area contributed by atoms with Crippen molar-refractivity contribution < 1.29 is 4.90 Å². The van der Waals surface area contributed by atoms with Crippen molar-refractivity contribution in [1.82, 2.24) is 9.55 Å². The molecule has 0 fully saturated rings. The maximum atomic E-state index is 12.4. The molecule has 1 unspecified atom stereocenters. The highest BCUT2D eigenvalue weighted by Gasteiger charge is 2.25. The van der Waals surface area contributed by atoms with Crippen molar-refractivity contribution in [2.75, 3.05) is 18.5 Å². The molecule has 6 nitrogen and oxygen atoms in total. The van der Waals surface area contributed by atoms with E-state index in [0.29, 0.717) is 36.2 Å². The summed E-state index contributed by atoms with van der Waals surface area (Å²) in [5, 5.41) is 3.90. The fourth-order valence-electron chi connectivity index (χ4n) is 3.59. The van der Waals surface area contributed by atoms with Gasteiger partial charge in [0.25, 0.3) is 5.56 Å². The van der Waals surface area contributed by atoms with E-state index in [9.17, 15) is 9.59 Å². The second kappa shape index (κ2) is 8.04. The van der Waals surface area contributed by atoms with Gasteiger partial charge in [0.1, 0.15) is 17.9 Å². The van der Waals surface area contributed by atoms with Crippen LogP contribution < -0.4 is 21.5 Å². The van der Waals surface area contributed by atoms with Crippen LogP contribution in [-0.4, -0.2) is 22.8 Å². The number of nitrogens with one attached hydrogen (secondary N) is 3. The summed E-state index contributed by atoms with van der Waals surface area (Å²) in [4.78, 5) is 28.6. The SMILES string of the molecule is O=c1[nH]c(=O)n(Cc2ccccc2Cl)c2c1C[NH+](CCc1ccccc1)CN2. The monoisotopic (exact) mass is 397 g/mol. The number of anilines is 1. The van der Waals surface area contributed by atoms with Gasteiger partial charge in [-0.05, 0) is 17.2 Å². The van der Waals surface area contributed by atoms with E-state index in [1.807, 2.05) is 36.4 Å². The molecule has 1 aromatic heterocycles. The first-order valence-electron chi connectivity index (χ1n) is 9.32. The Labute approximate surface area is 167 Å². The maximum absolute atomic E-state index is 12.4. The molecular weight excluding hydrogens is 376 g/mol. The number of nitrogens with zero attached hydrogens (tertiary/aromatic N) is 1. The highest BCUT2D eigenvalue weighted by molar-refractivity contribution is 6.31. The molecule has 1 atom stereocenters. The molecule has 0 aliphatic carbocycles. The number of rotatable bonds is 5. The van der Waals surface area contributed by atoms with E-state index in [4.69, 9.17) is 11.6 Å². The van der Waals surface area contributed by atoms with Crippen molar-refractivity contribution in [3.63, 3.8) is 0 Å². The zero-order chi connectivity index (χ0) is 19.5. The van der Waals surface area contributed by atoms with Gasteiger partial charge in [-0.1, -0.05) is 60.1 Å². The Hall–Kier alpha value is -2.83. The van der Waals surface area contributed by atoms with Gasteiger partial charge in [-0.25, -0.2) is 4.79 Å². The summed E-state index contributed by atoms with van der Waals surface area (Å²) in [5.41, 5.74) is 1.98. The van der Waals surface area contributed by atoms with Gasteiger partial charge in [-0.15, -0.1) is 0 Å². The summed E-state index contributed by atoms with van der Waals surface area (Å²) >= 11 is 6.25. The predicted octanol–water partition coefficient (Wildman–Crippen LogP) is 1.25. The lowest BCUT2D eigenvalue weighted by Gasteiger charge is -2.28. The quantitative estimate of drug-likeness (QED) is 0.606. The Morgan fingerprint density at radius 1 is 1.04 bits per heavy atom. The number of aromatic nitrogens is 2. The molecule has 0 spiro atoms. The third kappa shape index (κ3) is 3.88. The summed E-state index contributed by atoms with van der Waals surface area (Å²) in [7, 11) is 0. The molecule has 0 amide bonds. The van der Waals surface area contributed by atoms with Crippen LogP contribution in [0.25, 0.3) is 0 Å². The first-order valence-corrected chi connectivity index (χ1v) is 9.70. The zero-order valence-corrected chi connectivity index (χ0v) is 16.1. The van der Waals surface area contributed by atoms with Crippen molar-refractivity contribution >= 4 is 17.4 Å². The molecule has 1 aliphatic rings. The third-order valence-electron chi connectivity index (χ3n) is 5.12. The Bertz CT molecular complexity index is 1090. The Morgan fingerprint density at radius 3 is 2.57 bits per heavy atom. The first kappa shape index (κ1) is 18.5. The number of H-pyrrole nitrogens is 1. The summed E-state index contributed by atoms with van der Waals surface area (Å²) < 4.78 is 1.56. The Balaban J connectivity index is 1.57. The number of fused-ring (bicyclic) bond motifs is 1. The van der Waals surface area contributed by atoms with Crippen LogP contribution >= 0.6 is 11.6 Å². The minimum Gasteiger partial charge on any atom is -0.324 e. The molecule has 2 aromatic carbocycles. The molecule has 4 rings (SSSR count). The fraction of sp³-hybridized carbons (Fsp3) is 0.238. The smallest absolute Gasteiger partial charge is 0.324 e. The number of aromatic amines is 1. The van der Waals surface area contributed by atoms with Gasteiger partial charge in [0.2, 0.25) is 0 Å². The molecule has 0 saturated heterocycles. The molecule has 0 saturated carbocycles. The first-order chi connectivity index (χ1) is 13.6. The second-order valence-corrected chi connectivity index (χ2v) is 7.44. The van der Waals surface area contributed by atoms with Gasteiger partial charge < -0.3 is 10.2 Å². The molecule has 144 valence electrons. The van der Waals surface area contributed by atoms with Crippen molar-refractivity contribution in [1.29, 1.82) is 0 Å². The summed E-state index contributed by atoms with van der Waals surface area (Å²) in [6.07, 6.45) is 0.935. The van der Waals surface area contributed by atoms with Crippen LogP contribution in [0.4, 0.5) is 5.82 Å². The van der Waals surface area contributed by atoms with Crippen LogP contribution in [0.5, 0.6) is 0 Å². The molecule has 3 aromatic rings. The summed E-state index contributed by atoms with van der Waals surface area (Å²) in [6, 6.07) is 17.7. The average Bonchev–Trinajstić information content (AvgIpc) is 2.71. The van der Waals surface area contributed by atoms with Crippen molar-refractivity contribution in [3.05, 3.63) is 97.1 Å².